The number of hydrogen-bond donors (Lipinski definition) is 3. The predicted octanol–water partition coefficient (Wildman–Crippen LogP) is 0.865. The van der Waals surface area contributed by atoms with Crippen LogP contribution < -0.4 is 16.0 Å². The summed E-state index contributed by atoms with van der Waals surface area (Å²) in [4.78, 5) is 15.8. The lowest BCUT2D eigenvalue weighted by Gasteiger charge is -2.11. The van der Waals surface area contributed by atoms with Crippen molar-refractivity contribution >= 4 is 35.8 Å². The van der Waals surface area contributed by atoms with Gasteiger partial charge in [-0.05, 0) is 33.1 Å². The fourth-order valence-electron chi connectivity index (χ4n) is 1.52. The van der Waals surface area contributed by atoms with Crippen molar-refractivity contribution in [1.82, 2.24) is 16.0 Å². The van der Waals surface area contributed by atoms with E-state index in [4.69, 9.17) is 4.74 Å². The van der Waals surface area contributed by atoms with Crippen molar-refractivity contribution in [1.29, 1.82) is 0 Å². The van der Waals surface area contributed by atoms with E-state index in [9.17, 15) is 4.79 Å². The number of aliphatic imine (C=N–C) groups is 1. The van der Waals surface area contributed by atoms with Gasteiger partial charge in [-0.3, -0.25) is 4.79 Å². The number of ether oxygens (including phenoxy) is 1. The number of amides is 1. The van der Waals surface area contributed by atoms with E-state index in [1.54, 1.807) is 0 Å². The van der Waals surface area contributed by atoms with Gasteiger partial charge in [0.1, 0.15) is 6.54 Å². The number of hydrogen-bond acceptors (Lipinski definition) is 3. The number of nitrogens with one attached hydrogen (secondary N) is 3. The molecule has 1 aliphatic rings. The Morgan fingerprint density at radius 1 is 1.30 bits per heavy atom. The van der Waals surface area contributed by atoms with Gasteiger partial charge in [0, 0.05) is 32.3 Å². The molecule has 1 amide bonds. The first-order chi connectivity index (χ1) is 9.26. The normalized spacial score (nSPS) is 14.4. The van der Waals surface area contributed by atoms with Gasteiger partial charge in [0.25, 0.3) is 0 Å². The van der Waals surface area contributed by atoms with Crippen LogP contribution in [0.1, 0.15) is 33.1 Å². The molecule has 3 N–H and O–H groups in total. The van der Waals surface area contributed by atoms with Crippen LogP contribution in [0.2, 0.25) is 0 Å². The molecule has 1 fully saturated rings. The Hall–Kier alpha value is -0.570. The van der Waals surface area contributed by atoms with Crippen LogP contribution in [0.25, 0.3) is 0 Å². The monoisotopic (exact) mass is 398 g/mol. The topological polar surface area (TPSA) is 74.8 Å². The van der Waals surface area contributed by atoms with Crippen LogP contribution in [0.4, 0.5) is 0 Å². The Balaban J connectivity index is 0.00000361. The minimum atomic E-state index is -0.00554. The van der Waals surface area contributed by atoms with Crippen LogP contribution in [0.5, 0.6) is 0 Å². The van der Waals surface area contributed by atoms with Crippen LogP contribution in [-0.4, -0.2) is 50.8 Å². The van der Waals surface area contributed by atoms with Gasteiger partial charge in [0.15, 0.2) is 5.96 Å². The molecular weight excluding hydrogens is 371 g/mol. The number of nitrogens with zero attached hydrogens (tertiary/aromatic N) is 1. The molecule has 0 spiro atoms. The highest BCUT2D eigenvalue weighted by molar-refractivity contribution is 14.0. The Morgan fingerprint density at radius 3 is 2.65 bits per heavy atom. The minimum Gasteiger partial charge on any atom is -0.382 e. The van der Waals surface area contributed by atoms with Crippen LogP contribution >= 0.6 is 24.0 Å². The summed E-state index contributed by atoms with van der Waals surface area (Å²) < 4.78 is 5.26. The summed E-state index contributed by atoms with van der Waals surface area (Å²) in [7, 11) is 0. The van der Waals surface area contributed by atoms with E-state index in [2.05, 4.69) is 20.9 Å². The molecule has 0 unspecified atom stereocenters. The third-order valence-corrected chi connectivity index (χ3v) is 2.63. The molecule has 0 aromatic rings. The standard InChI is InChI=1S/C13H26N4O2.HI/c1-3-14-13(15-8-5-9-19-4-2)16-10-12(18)17-11-6-7-11;/h11H,3-10H2,1-2H3,(H,17,18)(H2,14,15,16);1H. The van der Waals surface area contributed by atoms with E-state index in [-0.39, 0.29) is 36.4 Å². The summed E-state index contributed by atoms with van der Waals surface area (Å²) in [5, 5.41) is 9.21. The zero-order chi connectivity index (χ0) is 13.9. The zero-order valence-electron chi connectivity index (χ0n) is 12.4. The molecule has 1 saturated carbocycles. The summed E-state index contributed by atoms with van der Waals surface area (Å²) in [6, 6.07) is 0.393. The second kappa shape index (κ2) is 12.2. The molecule has 0 heterocycles. The molecule has 0 aromatic heterocycles. The summed E-state index contributed by atoms with van der Waals surface area (Å²) >= 11 is 0. The van der Waals surface area contributed by atoms with E-state index in [0.717, 1.165) is 45.6 Å². The van der Waals surface area contributed by atoms with E-state index >= 15 is 0 Å². The molecule has 0 bridgehead atoms. The molecule has 7 heteroatoms. The van der Waals surface area contributed by atoms with Gasteiger partial charge in [0.2, 0.25) is 5.91 Å². The lowest BCUT2D eigenvalue weighted by atomic mass is 10.4. The molecule has 6 nitrogen and oxygen atoms in total. The Labute approximate surface area is 138 Å². The predicted molar refractivity (Wildman–Crippen MR) is 91.7 cm³/mol. The third kappa shape index (κ3) is 10.2. The SMILES string of the molecule is CCNC(=NCC(=O)NC1CC1)NCCCOCC.I. The molecule has 1 rings (SSSR count). The number of rotatable bonds is 9. The van der Waals surface area contributed by atoms with Gasteiger partial charge >= 0.3 is 0 Å². The third-order valence-electron chi connectivity index (χ3n) is 2.63. The zero-order valence-corrected chi connectivity index (χ0v) is 14.7. The van der Waals surface area contributed by atoms with Crippen molar-refractivity contribution in [3.63, 3.8) is 0 Å². The van der Waals surface area contributed by atoms with Gasteiger partial charge < -0.3 is 20.7 Å². The highest BCUT2D eigenvalue weighted by Crippen LogP contribution is 2.18. The highest BCUT2D eigenvalue weighted by atomic mass is 127. The fourth-order valence-corrected chi connectivity index (χ4v) is 1.52. The number of halogens is 1. The lowest BCUT2D eigenvalue weighted by Crippen LogP contribution is -2.39. The van der Waals surface area contributed by atoms with Crippen molar-refractivity contribution in [3.8, 4) is 0 Å². The summed E-state index contributed by atoms with van der Waals surface area (Å²) in [5.41, 5.74) is 0. The van der Waals surface area contributed by atoms with Crippen LogP contribution in [0.15, 0.2) is 4.99 Å². The summed E-state index contributed by atoms with van der Waals surface area (Å²) in [6.45, 7) is 7.22. The molecule has 0 atom stereocenters. The number of carbonyl (C=O) groups is 1. The first-order valence-corrected chi connectivity index (χ1v) is 7.15. The van der Waals surface area contributed by atoms with Gasteiger partial charge in [-0.25, -0.2) is 4.99 Å². The smallest absolute Gasteiger partial charge is 0.242 e. The second-order valence-electron chi connectivity index (χ2n) is 4.51. The van der Waals surface area contributed by atoms with Gasteiger partial charge in [-0.1, -0.05) is 0 Å². The maximum atomic E-state index is 11.5. The maximum absolute atomic E-state index is 11.5. The number of carbonyl (C=O) groups excluding carboxylic acids is 1. The quantitative estimate of drug-likeness (QED) is 0.233. The molecule has 20 heavy (non-hydrogen) atoms. The van der Waals surface area contributed by atoms with E-state index in [0.29, 0.717) is 12.0 Å². The molecule has 1 aliphatic carbocycles. The average Bonchev–Trinajstić information content (AvgIpc) is 3.19. The fraction of sp³-hybridized carbons (Fsp3) is 0.846. The largest absolute Gasteiger partial charge is 0.382 e. The van der Waals surface area contributed by atoms with E-state index in [1.807, 2.05) is 13.8 Å². The Kier molecular flexibility index (Phi) is 11.8. The van der Waals surface area contributed by atoms with Crippen molar-refractivity contribution in [2.75, 3.05) is 32.8 Å². The van der Waals surface area contributed by atoms with Crippen LogP contribution in [0, 0.1) is 0 Å². The van der Waals surface area contributed by atoms with Gasteiger partial charge in [-0.2, -0.15) is 0 Å². The van der Waals surface area contributed by atoms with Crippen molar-refractivity contribution in [2.24, 2.45) is 4.99 Å². The first kappa shape index (κ1) is 19.4. The maximum Gasteiger partial charge on any atom is 0.242 e. The summed E-state index contributed by atoms with van der Waals surface area (Å²) in [5.74, 6) is 0.680. The minimum absolute atomic E-state index is 0. The second-order valence-corrected chi connectivity index (χ2v) is 4.51. The Morgan fingerprint density at radius 2 is 2.05 bits per heavy atom. The molecule has 118 valence electrons. The molecule has 0 radical (unpaired) electrons. The van der Waals surface area contributed by atoms with E-state index in [1.165, 1.54) is 0 Å². The van der Waals surface area contributed by atoms with Crippen LogP contribution in [-0.2, 0) is 9.53 Å². The van der Waals surface area contributed by atoms with Crippen LogP contribution in [0.3, 0.4) is 0 Å². The van der Waals surface area contributed by atoms with Crippen molar-refractivity contribution < 1.29 is 9.53 Å². The van der Waals surface area contributed by atoms with Gasteiger partial charge in [-0.15, -0.1) is 24.0 Å². The van der Waals surface area contributed by atoms with Crippen molar-refractivity contribution in [2.45, 2.75) is 39.2 Å². The Bertz CT molecular complexity index is 296. The first-order valence-electron chi connectivity index (χ1n) is 7.15. The molecule has 0 saturated heterocycles. The molecular formula is C13H27IN4O2. The van der Waals surface area contributed by atoms with Gasteiger partial charge in [0.05, 0.1) is 0 Å². The molecule has 0 aromatic carbocycles. The highest BCUT2D eigenvalue weighted by Gasteiger charge is 2.22. The van der Waals surface area contributed by atoms with Crippen molar-refractivity contribution in [3.05, 3.63) is 0 Å². The number of guanidine groups is 1. The summed E-state index contributed by atoms with van der Waals surface area (Å²) in [6.07, 6.45) is 3.13. The molecule has 0 aliphatic heterocycles. The lowest BCUT2D eigenvalue weighted by molar-refractivity contribution is -0.119. The van der Waals surface area contributed by atoms with E-state index < -0.39 is 0 Å². The average molecular weight is 398 g/mol.